The number of aliphatic hydroxyl groups is 1. The first-order valence-corrected chi connectivity index (χ1v) is 6.05. The van der Waals surface area contributed by atoms with E-state index in [2.05, 4.69) is 20.5 Å². The molecule has 1 heterocycles. The van der Waals surface area contributed by atoms with Crippen LogP contribution in [0.25, 0.3) is 0 Å². The van der Waals surface area contributed by atoms with Crippen molar-refractivity contribution in [3.63, 3.8) is 0 Å². The average molecular weight is 238 g/mol. The third-order valence-corrected chi connectivity index (χ3v) is 3.08. The van der Waals surface area contributed by atoms with Crippen molar-refractivity contribution < 1.29 is 9.90 Å². The van der Waals surface area contributed by atoms with Crippen LogP contribution in [0.2, 0.25) is 0 Å². The van der Waals surface area contributed by atoms with Gasteiger partial charge in [-0.3, -0.25) is 9.89 Å². The molecule has 6 nitrogen and oxygen atoms in total. The van der Waals surface area contributed by atoms with E-state index in [1.54, 1.807) is 0 Å². The monoisotopic (exact) mass is 238 g/mol. The van der Waals surface area contributed by atoms with Crippen molar-refractivity contribution in [3.8, 4) is 0 Å². The number of aromatic nitrogens is 3. The van der Waals surface area contributed by atoms with Crippen molar-refractivity contribution in [2.45, 2.75) is 44.6 Å². The number of carbonyl (C=O) groups excluding carboxylic acids is 1. The van der Waals surface area contributed by atoms with E-state index in [0.717, 1.165) is 37.9 Å². The van der Waals surface area contributed by atoms with E-state index in [1.165, 1.54) is 0 Å². The summed E-state index contributed by atoms with van der Waals surface area (Å²) in [7, 11) is 0. The van der Waals surface area contributed by atoms with Crippen LogP contribution in [-0.4, -0.2) is 38.3 Å². The summed E-state index contributed by atoms with van der Waals surface area (Å²) in [6, 6.07) is 0. The lowest BCUT2D eigenvalue weighted by Crippen LogP contribution is -2.47. The van der Waals surface area contributed by atoms with Crippen molar-refractivity contribution in [2.24, 2.45) is 0 Å². The molecule has 2 rings (SSSR count). The van der Waals surface area contributed by atoms with Crippen LogP contribution in [0.1, 0.15) is 49.1 Å². The number of rotatable bonds is 5. The van der Waals surface area contributed by atoms with Crippen LogP contribution in [0.5, 0.6) is 0 Å². The van der Waals surface area contributed by atoms with Gasteiger partial charge in [0.15, 0.2) is 0 Å². The maximum atomic E-state index is 11.7. The first kappa shape index (κ1) is 12.0. The molecule has 0 unspecified atom stereocenters. The topological polar surface area (TPSA) is 90.9 Å². The van der Waals surface area contributed by atoms with Gasteiger partial charge in [-0.15, -0.1) is 5.10 Å². The van der Waals surface area contributed by atoms with Gasteiger partial charge in [0.1, 0.15) is 5.82 Å². The highest BCUT2D eigenvalue weighted by molar-refractivity contribution is 5.90. The van der Waals surface area contributed by atoms with E-state index in [9.17, 15) is 9.90 Å². The van der Waals surface area contributed by atoms with Gasteiger partial charge in [0.05, 0.1) is 5.60 Å². The number of aryl methyl sites for hydroxylation is 1. The lowest BCUT2D eigenvalue weighted by molar-refractivity contribution is -0.0301. The van der Waals surface area contributed by atoms with Gasteiger partial charge >= 0.3 is 0 Å². The first-order valence-electron chi connectivity index (χ1n) is 6.05. The molecule has 1 aromatic rings. The normalized spacial score (nSPS) is 17.5. The molecule has 0 aromatic carbocycles. The SMILES string of the molecule is CCCc1nc(C(=O)NCC2(O)CCC2)n[nH]1. The highest BCUT2D eigenvalue weighted by atomic mass is 16.3. The molecule has 1 aliphatic carbocycles. The summed E-state index contributed by atoms with van der Waals surface area (Å²) in [5, 5.41) is 19.1. The summed E-state index contributed by atoms with van der Waals surface area (Å²) in [6.07, 6.45) is 4.26. The van der Waals surface area contributed by atoms with Crippen LogP contribution >= 0.6 is 0 Å². The molecule has 1 amide bonds. The third kappa shape index (κ3) is 2.82. The van der Waals surface area contributed by atoms with Crippen molar-refractivity contribution in [2.75, 3.05) is 6.54 Å². The fourth-order valence-corrected chi connectivity index (χ4v) is 1.83. The molecule has 0 bridgehead atoms. The molecule has 0 radical (unpaired) electrons. The van der Waals surface area contributed by atoms with Gasteiger partial charge in [0, 0.05) is 13.0 Å². The van der Waals surface area contributed by atoms with Crippen molar-refractivity contribution in [1.82, 2.24) is 20.5 Å². The molecule has 94 valence electrons. The molecular formula is C11H18N4O2. The lowest BCUT2D eigenvalue weighted by atomic mass is 9.80. The molecule has 6 heteroatoms. The molecule has 17 heavy (non-hydrogen) atoms. The maximum absolute atomic E-state index is 11.7. The number of hydrogen-bond acceptors (Lipinski definition) is 4. The number of nitrogens with one attached hydrogen (secondary N) is 2. The quantitative estimate of drug-likeness (QED) is 0.692. The van der Waals surface area contributed by atoms with Crippen LogP contribution in [0, 0.1) is 0 Å². The van der Waals surface area contributed by atoms with E-state index < -0.39 is 5.60 Å². The predicted octanol–water partition coefficient (Wildman–Crippen LogP) is 0.402. The van der Waals surface area contributed by atoms with Gasteiger partial charge in [0.2, 0.25) is 5.82 Å². The molecule has 1 aliphatic rings. The number of amides is 1. The average Bonchev–Trinajstić information content (AvgIpc) is 2.72. The minimum Gasteiger partial charge on any atom is -0.388 e. The lowest BCUT2D eigenvalue weighted by Gasteiger charge is -2.36. The Morgan fingerprint density at radius 3 is 2.94 bits per heavy atom. The standard InChI is InChI=1S/C11H18N4O2/c1-2-4-8-13-9(15-14-8)10(16)12-7-11(17)5-3-6-11/h17H,2-7H2,1H3,(H,12,16)(H,13,14,15). The number of H-pyrrole nitrogens is 1. The van der Waals surface area contributed by atoms with Gasteiger partial charge in [-0.05, 0) is 25.7 Å². The summed E-state index contributed by atoms with van der Waals surface area (Å²) in [4.78, 5) is 15.8. The minimum absolute atomic E-state index is 0.149. The Balaban J connectivity index is 1.85. The smallest absolute Gasteiger partial charge is 0.291 e. The summed E-state index contributed by atoms with van der Waals surface area (Å²) in [6.45, 7) is 2.32. The molecule has 0 saturated heterocycles. The Kier molecular flexibility index (Phi) is 3.42. The van der Waals surface area contributed by atoms with Gasteiger partial charge in [-0.25, -0.2) is 4.98 Å². The van der Waals surface area contributed by atoms with E-state index in [0.29, 0.717) is 0 Å². The van der Waals surface area contributed by atoms with Crippen LogP contribution < -0.4 is 5.32 Å². The van der Waals surface area contributed by atoms with Crippen molar-refractivity contribution in [3.05, 3.63) is 11.6 Å². The van der Waals surface area contributed by atoms with Crippen LogP contribution in [0.3, 0.4) is 0 Å². The molecular weight excluding hydrogens is 220 g/mol. The van der Waals surface area contributed by atoms with Crippen LogP contribution in [0.4, 0.5) is 0 Å². The second-order valence-electron chi connectivity index (χ2n) is 4.62. The second kappa shape index (κ2) is 4.83. The Morgan fingerprint density at radius 1 is 1.59 bits per heavy atom. The molecule has 0 atom stereocenters. The molecule has 1 aromatic heterocycles. The molecule has 3 N–H and O–H groups in total. The second-order valence-corrected chi connectivity index (χ2v) is 4.62. The Hall–Kier alpha value is -1.43. The molecule has 0 spiro atoms. The summed E-state index contributed by atoms with van der Waals surface area (Å²) < 4.78 is 0. The zero-order valence-corrected chi connectivity index (χ0v) is 9.99. The first-order chi connectivity index (χ1) is 8.13. The Morgan fingerprint density at radius 2 is 2.35 bits per heavy atom. The van der Waals surface area contributed by atoms with Gasteiger partial charge < -0.3 is 10.4 Å². The summed E-state index contributed by atoms with van der Waals surface area (Å²) >= 11 is 0. The van der Waals surface area contributed by atoms with Gasteiger partial charge in [-0.2, -0.15) is 0 Å². The Labute approximate surface area is 99.8 Å². The maximum Gasteiger partial charge on any atom is 0.291 e. The summed E-state index contributed by atoms with van der Waals surface area (Å²) in [5.41, 5.74) is -0.710. The zero-order valence-electron chi connectivity index (χ0n) is 9.99. The number of hydrogen-bond donors (Lipinski definition) is 3. The Bertz CT molecular complexity index is 398. The third-order valence-electron chi connectivity index (χ3n) is 3.08. The largest absolute Gasteiger partial charge is 0.388 e. The highest BCUT2D eigenvalue weighted by Crippen LogP contribution is 2.30. The minimum atomic E-state index is -0.710. The van der Waals surface area contributed by atoms with Crippen LogP contribution in [0.15, 0.2) is 0 Å². The number of aromatic amines is 1. The van der Waals surface area contributed by atoms with Crippen molar-refractivity contribution in [1.29, 1.82) is 0 Å². The summed E-state index contributed by atoms with van der Waals surface area (Å²) in [5.74, 6) is 0.542. The fraction of sp³-hybridized carbons (Fsp3) is 0.727. The number of carbonyl (C=O) groups is 1. The molecule has 0 aliphatic heterocycles. The van der Waals surface area contributed by atoms with E-state index in [-0.39, 0.29) is 18.3 Å². The molecule has 1 saturated carbocycles. The molecule has 1 fully saturated rings. The predicted molar refractivity (Wildman–Crippen MR) is 61.5 cm³/mol. The fourth-order valence-electron chi connectivity index (χ4n) is 1.83. The van der Waals surface area contributed by atoms with E-state index >= 15 is 0 Å². The van der Waals surface area contributed by atoms with Crippen molar-refractivity contribution >= 4 is 5.91 Å². The highest BCUT2D eigenvalue weighted by Gasteiger charge is 2.34. The van der Waals surface area contributed by atoms with Crippen LogP contribution in [-0.2, 0) is 6.42 Å². The van der Waals surface area contributed by atoms with Gasteiger partial charge in [-0.1, -0.05) is 6.92 Å². The van der Waals surface area contributed by atoms with E-state index in [4.69, 9.17) is 0 Å². The van der Waals surface area contributed by atoms with Gasteiger partial charge in [0.25, 0.3) is 5.91 Å². The zero-order chi connectivity index (χ0) is 12.3. The number of nitrogens with zero attached hydrogens (tertiary/aromatic N) is 2. The van der Waals surface area contributed by atoms with E-state index in [1.807, 2.05) is 6.92 Å².